The van der Waals surface area contributed by atoms with Crippen LogP contribution in [0.15, 0.2) is 70.7 Å². The summed E-state index contributed by atoms with van der Waals surface area (Å²) in [6, 6.07) is 17.2. The van der Waals surface area contributed by atoms with Crippen LogP contribution in [0.5, 0.6) is 11.6 Å². The zero-order valence-corrected chi connectivity index (χ0v) is 47.2. The predicted molar refractivity (Wildman–Crippen MR) is 296 cm³/mol. The van der Waals surface area contributed by atoms with E-state index in [0.29, 0.717) is 67.2 Å². The number of ether oxygens (including phenoxy) is 2. The van der Waals surface area contributed by atoms with Crippen LogP contribution in [0.2, 0.25) is 0 Å². The summed E-state index contributed by atoms with van der Waals surface area (Å²) < 4.78 is 40.9. The molecule has 3 N–H and O–H groups in total. The van der Waals surface area contributed by atoms with Crippen molar-refractivity contribution < 1.29 is 47.0 Å². The molecule has 3 amide bonds. The first-order valence-electron chi connectivity index (χ1n) is 26.3. The summed E-state index contributed by atoms with van der Waals surface area (Å²) in [6.07, 6.45) is 1.79. The van der Waals surface area contributed by atoms with Crippen molar-refractivity contribution in [1.82, 2.24) is 40.4 Å². The van der Waals surface area contributed by atoms with Crippen LogP contribution >= 0.6 is 22.1 Å². The van der Waals surface area contributed by atoms with Gasteiger partial charge in [0.2, 0.25) is 11.8 Å². The summed E-state index contributed by atoms with van der Waals surface area (Å²) in [6.45, 7) is 17.3. The van der Waals surface area contributed by atoms with Crippen LogP contribution in [-0.4, -0.2) is 173 Å². The van der Waals surface area contributed by atoms with Crippen molar-refractivity contribution in [2.75, 3.05) is 88.2 Å². The van der Waals surface area contributed by atoms with Crippen molar-refractivity contribution in [1.29, 1.82) is 0 Å². The number of nitrogens with one attached hydrogen (secondary N) is 1. The molecule has 5 atom stereocenters. The average Bonchev–Trinajstić information content (AvgIpc) is 4.17. The van der Waals surface area contributed by atoms with Gasteiger partial charge < -0.3 is 39.3 Å². The number of rotatable bonds is 18. The Morgan fingerprint density at radius 3 is 2.43 bits per heavy atom. The molecule has 77 heavy (non-hydrogen) atoms. The highest BCUT2D eigenvalue weighted by Crippen LogP contribution is 2.40. The molecule has 4 aliphatic rings. The lowest BCUT2D eigenvalue weighted by atomic mass is 9.91. The molecule has 5 aromatic rings. The number of phenolic OH excluding ortho intramolecular Hbond substituents is 1. The number of fused-ring (bicyclic) bond motifs is 3. The van der Waals surface area contributed by atoms with E-state index in [-0.39, 0.29) is 61.0 Å². The number of piperazine rings is 1. The lowest BCUT2D eigenvalue weighted by Gasteiger charge is -2.48. The molecule has 0 saturated carbocycles. The Balaban J connectivity index is 0.756. The van der Waals surface area contributed by atoms with Crippen LogP contribution in [-0.2, 0) is 23.2 Å². The van der Waals surface area contributed by atoms with Gasteiger partial charge in [0, 0.05) is 63.6 Å². The van der Waals surface area contributed by atoms with Gasteiger partial charge in [0.25, 0.3) is 5.88 Å². The normalized spacial score (nSPS) is 20.4. The number of aromatic hydroxyl groups is 1. The Morgan fingerprint density at radius 1 is 0.974 bits per heavy atom. The molecule has 414 valence electrons. The van der Waals surface area contributed by atoms with Crippen LogP contribution in [0.1, 0.15) is 82.9 Å². The van der Waals surface area contributed by atoms with Gasteiger partial charge in [0.15, 0.2) is 20.4 Å². The number of β-amino-alcohol motifs (C(OH)–C–C–N with tert-alkyl or cyclic N) is 1. The molecule has 3 aromatic heterocycles. The number of aromatic nitrogens is 4. The molecule has 0 radical (unpaired) electrons. The number of benzene rings is 2. The van der Waals surface area contributed by atoms with Crippen molar-refractivity contribution in [3.63, 3.8) is 0 Å². The monoisotopic (exact) mass is 1110 g/mol. The standard InChI is InChI=1S/C54H70N10O10S3/c1-33(2)48(52(68)63-30-40(65)24-44(63)51(67)56-34(3)37-12-14-38(15-13-37)49-35(4)55-32-75-49)46-26-47(59-74-46)72-23-22-60-18-16-36(17-19-60)27-61-20-21-62-39(28-61)29-64(53(69)73-31-54(5,6)76-77(7,70)71)50-43(62)25-42(57-58-50)41-10-8-9-11-45(41)66/h8-15,25-26,32-34,36,39-40,44,48,65-66H,16-24,27-31H2,1-7H3,(H,56,67)/t34-,39+,40+,44-,48+/m0/s1. The highest BCUT2D eigenvalue weighted by atomic mass is 33.1. The summed E-state index contributed by atoms with van der Waals surface area (Å²) in [5.41, 5.74) is 6.48. The van der Waals surface area contributed by atoms with Crippen molar-refractivity contribution in [3.05, 3.63) is 83.2 Å². The van der Waals surface area contributed by atoms with E-state index in [0.717, 1.165) is 77.8 Å². The zero-order valence-electron chi connectivity index (χ0n) is 44.7. The number of anilines is 2. The Hall–Kier alpha value is -5.85. The largest absolute Gasteiger partial charge is 0.507 e. The van der Waals surface area contributed by atoms with Crippen molar-refractivity contribution in [2.24, 2.45) is 11.8 Å². The van der Waals surface area contributed by atoms with E-state index >= 15 is 0 Å². The lowest BCUT2D eigenvalue weighted by molar-refractivity contribution is -0.141. The third-order valence-corrected chi connectivity index (χ3v) is 19.0. The number of hydrogen-bond donors (Lipinski definition) is 3. The maximum absolute atomic E-state index is 14.3. The number of aliphatic hydroxyl groups is 1. The topological polar surface area (TPSA) is 237 Å². The lowest BCUT2D eigenvalue weighted by Crippen LogP contribution is -2.61. The summed E-state index contributed by atoms with van der Waals surface area (Å²) in [5.74, 6) is -0.0867. The number of amides is 3. The molecule has 3 fully saturated rings. The second-order valence-electron chi connectivity index (χ2n) is 21.7. The van der Waals surface area contributed by atoms with E-state index in [4.69, 9.17) is 14.0 Å². The highest BCUT2D eigenvalue weighted by Gasteiger charge is 2.44. The number of phenols is 1. The number of hydrogen-bond acceptors (Lipinski definition) is 19. The fraction of sp³-hybridized carbons (Fsp3) is 0.537. The smallest absolute Gasteiger partial charge is 0.415 e. The number of nitrogens with zero attached hydrogens (tertiary/aromatic N) is 9. The molecular formula is C54H70N10O10S3. The molecule has 0 bridgehead atoms. The molecule has 4 aliphatic heterocycles. The van der Waals surface area contributed by atoms with Crippen molar-refractivity contribution in [2.45, 2.75) is 95.7 Å². The van der Waals surface area contributed by atoms with Gasteiger partial charge in [-0.3, -0.25) is 24.3 Å². The van der Waals surface area contributed by atoms with E-state index in [1.807, 2.05) is 69.6 Å². The van der Waals surface area contributed by atoms with Gasteiger partial charge >= 0.3 is 6.09 Å². The minimum Gasteiger partial charge on any atom is -0.507 e. The number of para-hydroxylation sites is 1. The Labute approximate surface area is 457 Å². The minimum absolute atomic E-state index is 0.0331. The van der Waals surface area contributed by atoms with Crippen LogP contribution in [0, 0.1) is 18.8 Å². The second-order valence-corrected chi connectivity index (χ2v) is 27.6. The third kappa shape index (κ3) is 13.4. The van der Waals surface area contributed by atoms with E-state index < -0.39 is 37.8 Å². The average molecular weight is 1120 g/mol. The van der Waals surface area contributed by atoms with Gasteiger partial charge in [-0.25, -0.2) is 18.2 Å². The first-order chi connectivity index (χ1) is 36.7. The Morgan fingerprint density at radius 2 is 1.73 bits per heavy atom. The van der Waals surface area contributed by atoms with Crippen molar-refractivity contribution in [3.8, 4) is 33.3 Å². The summed E-state index contributed by atoms with van der Waals surface area (Å²) in [5, 5.41) is 37.6. The molecule has 3 saturated heterocycles. The number of carbonyl (C=O) groups is 3. The molecule has 7 heterocycles. The van der Waals surface area contributed by atoms with E-state index in [9.17, 15) is 33.0 Å². The van der Waals surface area contributed by atoms with Gasteiger partial charge in [0.1, 0.15) is 30.9 Å². The number of aryl methyl sites for hydroxylation is 1. The summed E-state index contributed by atoms with van der Waals surface area (Å²) >= 11 is 1.58. The SMILES string of the molecule is Cc1ncsc1-c1ccc([C@H](C)NC(=O)[C@@H]2C[C@@H](O)CN2C(=O)[C@@H](c2cc(OCCN3CCC(CN4CCN5c6cc(-c7ccccc7O)nnc6N(C(=O)OCC(C)(C)SS(C)(=O)=O)C[C@H]5C4)CC3)no2)C(C)C)cc1. The van der Waals surface area contributed by atoms with E-state index in [2.05, 4.69) is 40.4 Å². The highest BCUT2D eigenvalue weighted by molar-refractivity contribution is 8.72. The van der Waals surface area contributed by atoms with Crippen LogP contribution in [0.4, 0.5) is 16.3 Å². The number of carbonyl (C=O) groups excluding carboxylic acids is 3. The fourth-order valence-electron chi connectivity index (χ4n) is 11.0. The number of likely N-dealkylation sites (tertiary alicyclic amines) is 2. The molecule has 0 unspecified atom stereocenters. The van der Waals surface area contributed by atoms with Crippen LogP contribution < -0.4 is 19.9 Å². The van der Waals surface area contributed by atoms with E-state index in [1.165, 1.54) is 9.80 Å². The predicted octanol–water partition coefficient (Wildman–Crippen LogP) is 6.56. The third-order valence-electron chi connectivity index (χ3n) is 14.9. The van der Waals surface area contributed by atoms with Crippen LogP contribution in [0.25, 0.3) is 21.7 Å². The first kappa shape index (κ1) is 55.9. The zero-order chi connectivity index (χ0) is 54.8. The van der Waals surface area contributed by atoms with E-state index in [1.54, 1.807) is 49.4 Å². The molecule has 2 aromatic carbocycles. The number of aliphatic hydroxyl groups excluding tert-OH is 1. The van der Waals surface area contributed by atoms with Gasteiger partial charge in [0.05, 0.1) is 56.9 Å². The fourth-order valence-corrected chi connectivity index (χ4v) is 15.3. The number of thiazole rings is 1. The molecule has 20 nitrogen and oxygen atoms in total. The Kier molecular flexibility index (Phi) is 17.1. The maximum atomic E-state index is 14.3. The first-order valence-corrected chi connectivity index (χ1v) is 30.4. The maximum Gasteiger partial charge on any atom is 0.415 e. The van der Waals surface area contributed by atoms with Gasteiger partial charge in [-0.15, -0.1) is 21.5 Å². The van der Waals surface area contributed by atoms with Crippen molar-refractivity contribution >= 4 is 60.4 Å². The van der Waals surface area contributed by atoms with Crippen LogP contribution in [0.3, 0.4) is 0 Å². The summed E-state index contributed by atoms with van der Waals surface area (Å²) in [7, 11) is -2.65. The van der Waals surface area contributed by atoms with Gasteiger partial charge in [-0.1, -0.05) is 50.2 Å². The molecule has 0 spiro atoms. The molecule has 23 heteroatoms. The van der Waals surface area contributed by atoms with Gasteiger partial charge in [-0.05, 0) is 111 Å². The second kappa shape index (κ2) is 23.6. The Bertz CT molecular complexity index is 3000. The summed E-state index contributed by atoms with van der Waals surface area (Å²) in [4.78, 5) is 57.5. The molecular weight excluding hydrogens is 1040 g/mol. The molecule has 0 aliphatic carbocycles. The number of piperidine rings is 1. The quantitative estimate of drug-likeness (QED) is 0.0788. The molecule has 9 rings (SSSR count). The van der Waals surface area contributed by atoms with Gasteiger partial charge in [-0.2, -0.15) is 0 Å². The minimum atomic E-state index is -3.40.